The number of likely N-dealkylation sites (tertiary alicyclic amines) is 1. The first-order valence-electron chi connectivity index (χ1n) is 7.69. The van der Waals surface area contributed by atoms with Crippen LogP contribution in [0.5, 0.6) is 0 Å². The molecule has 7 nitrogen and oxygen atoms in total. The summed E-state index contributed by atoms with van der Waals surface area (Å²) in [7, 11) is 1.80. The van der Waals surface area contributed by atoms with E-state index in [1.807, 2.05) is 18.7 Å². The number of aryl methyl sites for hydroxylation is 1. The maximum absolute atomic E-state index is 12.7. The molecule has 0 aliphatic carbocycles. The van der Waals surface area contributed by atoms with Gasteiger partial charge in [0.2, 0.25) is 5.89 Å². The van der Waals surface area contributed by atoms with Crippen molar-refractivity contribution in [1.29, 1.82) is 0 Å². The third-order valence-electron chi connectivity index (χ3n) is 3.97. The summed E-state index contributed by atoms with van der Waals surface area (Å²) in [6, 6.07) is -0.138. The Kier molecular flexibility index (Phi) is 3.96. The van der Waals surface area contributed by atoms with Crippen molar-refractivity contribution in [2.24, 2.45) is 7.05 Å². The minimum Gasteiger partial charge on any atom is -0.337 e. The number of aromatic nitrogens is 4. The van der Waals surface area contributed by atoms with E-state index in [4.69, 9.17) is 4.52 Å². The summed E-state index contributed by atoms with van der Waals surface area (Å²) < 4.78 is 7.05. The predicted molar refractivity (Wildman–Crippen MR) is 79.2 cm³/mol. The van der Waals surface area contributed by atoms with Crippen molar-refractivity contribution in [3.05, 3.63) is 29.7 Å². The van der Waals surface area contributed by atoms with E-state index >= 15 is 0 Å². The lowest BCUT2D eigenvalue weighted by Gasteiger charge is -2.33. The Hall–Kier alpha value is -2.18. The van der Waals surface area contributed by atoms with E-state index in [-0.39, 0.29) is 17.9 Å². The monoisotopic (exact) mass is 303 g/mol. The molecule has 1 aliphatic rings. The van der Waals surface area contributed by atoms with Crippen LogP contribution in [0.3, 0.4) is 0 Å². The minimum atomic E-state index is -0.138. The quantitative estimate of drug-likeness (QED) is 0.869. The van der Waals surface area contributed by atoms with Gasteiger partial charge < -0.3 is 9.42 Å². The zero-order valence-corrected chi connectivity index (χ0v) is 13.2. The average molecular weight is 303 g/mol. The lowest BCUT2D eigenvalue weighted by Crippen LogP contribution is -2.38. The second-order valence-corrected chi connectivity index (χ2v) is 6.06. The largest absolute Gasteiger partial charge is 0.337 e. The third-order valence-corrected chi connectivity index (χ3v) is 3.97. The molecule has 0 radical (unpaired) electrons. The first-order chi connectivity index (χ1) is 10.6. The minimum absolute atomic E-state index is 0.0258. The number of hydrogen-bond donors (Lipinski definition) is 0. The predicted octanol–water partition coefficient (Wildman–Crippen LogP) is 2.29. The maximum Gasteiger partial charge on any atom is 0.257 e. The Morgan fingerprint density at radius 1 is 1.41 bits per heavy atom. The maximum atomic E-state index is 12.7. The number of rotatable bonds is 3. The molecular weight excluding hydrogens is 282 g/mol. The van der Waals surface area contributed by atoms with Crippen LogP contribution in [0, 0.1) is 0 Å². The van der Waals surface area contributed by atoms with Gasteiger partial charge in [0.1, 0.15) is 6.04 Å². The van der Waals surface area contributed by atoms with Crippen LogP contribution in [0.15, 0.2) is 16.9 Å². The lowest BCUT2D eigenvalue weighted by atomic mass is 10.0. The zero-order valence-electron chi connectivity index (χ0n) is 13.2. The Balaban J connectivity index is 1.85. The van der Waals surface area contributed by atoms with Gasteiger partial charge in [0, 0.05) is 25.7 Å². The van der Waals surface area contributed by atoms with Gasteiger partial charge in [-0.3, -0.25) is 9.48 Å². The Labute approximate surface area is 129 Å². The standard InChI is InChI=1S/C15H21N5O2/c1-10(2)13-17-14(22-18-13)12-6-4-5-7-20(12)15(21)11-8-16-19(3)9-11/h8-10,12H,4-7H2,1-3H3. The molecule has 2 aromatic heterocycles. The van der Waals surface area contributed by atoms with Crippen LogP contribution in [-0.2, 0) is 7.05 Å². The highest BCUT2D eigenvalue weighted by atomic mass is 16.5. The summed E-state index contributed by atoms with van der Waals surface area (Å²) in [6.07, 6.45) is 6.24. The lowest BCUT2D eigenvalue weighted by molar-refractivity contribution is 0.0561. The molecule has 1 unspecified atom stereocenters. The van der Waals surface area contributed by atoms with E-state index in [1.165, 1.54) is 0 Å². The second kappa shape index (κ2) is 5.90. The Bertz CT molecular complexity index is 660. The normalized spacial score (nSPS) is 18.9. The Morgan fingerprint density at radius 3 is 2.86 bits per heavy atom. The summed E-state index contributed by atoms with van der Waals surface area (Å²) in [5.74, 6) is 1.42. The first kappa shape index (κ1) is 14.7. The summed E-state index contributed by atoms with van der Waals surface area (Å²) in [5.41, 5.74) is 0.595. The number of piperidine rings is 1. The number of carbonyl (C=O) groups is 1. The molecule has 3 rings (SSSR count). The van der Waals surface area contributed by atoms with E-state index in [0.29, 0.717) is 23.8 Å². The van der Waals surface area contributed by atoms with Gasteiger partial charge in [-0.2, -0.15) is 10.1 Å². The summed E-state index contributed by atoms with van der Waals surface area (Å²) >= 11 is 0. The highest BCUT2D eigenvalue weighted by molar-refractivity contribution is 5.94. The van der Waals surface area contributed by atoms with Crippen LogP contribution in [0.4, 0.5) is 0 Å². The Morgan fingerprint density at radius 2 is 2.23 bits per heavy atom. The molecular formula is C15H21N5O2. The van der Waals surface area contributed by atoms with Gasteiger partial charge in [-0.05, 0) is 19.3 Å². The zero-order chi connectivity index (χ0) is 15.7. The van der Waals surface area contributed by atoms with Crippen LogP contribution in [-0.4, -0.2) is 37.3 Å². The molecule has 1 atom stereocenters. The molecule has 0 aromatic carbocycles. The van der Waals surface area contributed by atoms with Gasteiger partial charge in [0.25, 0.3) is 5.91 Å². The van der Waals surface area contributed by atoms with E-state index in [9.17, 15) is 4.79 Å². The van der Waals surface area contributed by atoms with E-state index < -0.39 is 0 Å². The van der Waals surface area contributed by atoms with Crippen molar-refractivity contribution in [2.45, 2.75) is 45.1 Å². The number of nitrogens with zero attached hydrogens (tertiary/aromatic N) is 5. The molecule has 0 N–H and O–H groups in total. The third kappa shape index (κ3) is 2.75. The fourth-order valence-electron chi connectivity index (χ4n) is 2.75. The van der Waals surface area contributed by atoms with Gasteiger partial charge in [0.05, 0.1) is 11.8 Å². The van der Waals surface area contributed by atoms with Crippen LogP contribution < -0.4 is 0 Å². The van der Waals surface area contributed by atoms with Crippen molar-refractivity contribution in [3.63, 3.8) is 0 Å². The number of carbonyl (C=O) groups excluding carboxylic acids is 1. The summed E-state index contributed by atoms with van der Waals surface area (Å²) in [4.78, 5) is 19.0. The van der Waals surface area contributed by atoms with Crippen molar-refractivity contribution in [3.8, 4) is 0 Å². The second-order valence-electron chi connectivity index (χ2n) is 6.06. The van der Waals surface area contributed by atoms with E-state index in [2.05, 4.69) is 15.2 Å². The molecule has 0 saturated carbocycles. The highest BCUT2D eigenvalue weighted by Gasteiger charge is 2.33. The smallest absolute Gasteiger partial charge is 0.257 e. The topological polar surface area (TPSA) is 77.0 Å². The summed E-state index contributed by atoms with van der Waals surface area (Å²) in [5, 5.41) is 8.10. The van der Waals surface area contributed by atoms with Crippen molar-refractivity contribution in [1.82, 2.24) is 24.8 Å². The molecule has 1 aliphatic heterocycles. The number of amides is 1. The molecule has 3 heterocycles. The SMILES string of the molecule is CC(C)c1noc(C2CCCCN2C(=O)c2cnn(C)c2)n1. The van der Waals surface area contributed by atoms with Gasteiger partial charge in [-0.15, -0.1) is 0 Å². The molecule has 7 heteroatoms. The van der Waals surface area contributed by atoms with Crippen LogP contribution in [0.25, 0.3) is 0 Å². The van der Waals surface area contributed by atoms with E-state index in [1.54, 1.807) is 24.1 Å². The molecule has 1 fully saturated rings. The van der Waals surface area contributed by atoms with E-state index in [0.717, 1.165) is 19.3 Å². The molecule has 2 aromatic rings. The summed E-state index contributed by atoms with van der Waals surface area (Å²) in [6.45, 7) is 4.75. The fourth-order valence-corrected chi connectivity index (χ4v) is 2.75. The molecule has 1 amide bonds. The van der Waals surface area contributed by atoms with Crippen LogP contribution in [0.2, 0.25) is 0 Å². The van der Waals surface area contributed by atoms with Gasteiger partial charge in [0.15, 0.2) is 5.82 Å². The average Bonchev–Trinajstić information content (AvgIpc) is 3.15. The van der Waals surface area contributed by atoms with Crippen molar-refractivity contribution < 1.29 is 9.32 Å². The highest BCUT2D eigenvalue weighted by Crippen LogP contribution is 2.31. The number of hydrogen-bond acceptors (Lipinski definition) is 5. The van der Waals surface area contributed by atoms with Gasteiger partial charge in [-0.1, -0.05) is 19.0 Å². The molecule has 22 heavy (non-hydrogen) atoms. The van der Waals surface area contributed by atoms with Gasteiger partial charge in [-0.25, -0.2) is 0 Å². The molecule has 0 bridgehead atoms. The first-order valence-corrected chi connectivity index (χ1v) is 7.69. The van der Waals surface area contributed by atoms with Crippen molar-refractivity contribution >= 4 is 5.91 Å². The molecule has 1 saturated heterocycles. The van der Waals surface area contributed by atoms with Crippen molar-refractivity contribution in [2.75, 3.05) is 6.54 Å². The molecule has 0 spiro atoms. The van der Waals surface area contributed by atoms with Crippen LogP contribution >= 0.6 is 0 Å². The molecule has 118 valence electrons. The van der Waals surface area contributed by atoms with Gasteiger partial charge >= 0.3 is 0 Å². The fraction of sp³-hybridized carbons (Fsp3) is 0.600. The van der Waals surface area contributed by atoms with Crippen LogP contribution in [0.1, 0.15) is 67.1 Å².